The Kier molecular flexibility index (Phi) is 9.33. The maximum absolute atomic E-state index is 12.0. The summed E-state index contributed by atoms with van der Waals surface area (Å²) in [5.74, 6) is -0.552. The smallest absolute Gasteiger partial charge is 0.307 e. The number of ether oxygens (including phenoxy) is 1. The third-order valence-corrected chi connectivity index (χ3v) is 4.02. The van der Waals surface area contributed by atoms with Crippen molar-refractivity contribution in [1.29, 1.82) is 0 Å². The molecule has 2 amide bonds. The molecule has 0 aromatic rings. The Morgan fingerprint density at radius 1 is 1.09 bits per heavy atom. The maximum atomic E-state index is 12.0. The quantitative estimate of drug-likeness (QED) is 0.602. The van der Waals surface area contributed by atoms with E-state index in [2.05, 4.69) is 10.6 Å². The number of carbonyl (C=O) groups excluding carboxylic acids is 3. The third-order valence-electron chi connectivity index (χ3n) is 4.02. The van der Waals surface area contributed by atoms with Gasteiger partial charge < -0.3 is 15.4 Å². The molecule has 1 aliphatic carbocycles. The second-order valence-corrected chi connectivity index (χ2v) is 6.11. The highest BCUT2D eigenvalue weighted by Gasteiger charge is 2.19. The molecular weight excluding hydrogens is 296 g/mol. The Labute approximate surface area is 138 Å². The van der Waals surface area contributed by atoms with Crippen molar-refractivity contribution in [1.82, 2.24) is 10.6 Å². The van der Waals surface area contributed by atoms with Crippen molar-refractivity contribution < 1.29 is 19.1 Å². The summed E-state index contributed by atoms with van der Waals surface area (Å²) in [6, 6.07) is 0.0617. The first-order valence-corrected chi connectivity index (χ1v) is 8.79. The molecule has 1 atom stereocenters. The molecule has 0 aliphatic heterocycles. The number of amides is 2. The van der Waals surface area contributed by atoms with Crippen molar-refractivity contribution in [2.75, 3.05) is 6.61 Å². The Hall–Kier alpha value is -1.59. The molecule has 6 nitrogen and oxygen atoms in total. The van der Waals surface area contributed by atoms with Crippen LogP contribution in [0.3, 0.4) is 0 Å². The van der Waals surface area contributed by atoms with Crippen LogP contribution in [0.15, 0.2) is 0 Å². The number of carbonyl (C=O) groups is 3. The number of rotatable bonds is 10. The third kappa shape index (κ3) is 8.57. The topological polar surface area (TPSA) is 84.5 Å². The molecule has 132 valence electrons. The minimum Gasteiger partial charge on any atom is -0.466 e. The van der Waals surface area contributed by atoms with Crippen molar-refractivity contribution >= 4 is 17.8 Å². The number of esters is 1. The van der Waals surface area contributed by atoms with Gasteiger partial charge >= 0.3 is 5.97 Å². The minimum atomic E-state index is -0.301. The van der Waals surface area contributed by atoms with Gasteiger partial charge in [0.2, 0.25) is 11.8 Å². The van der Waals surface area contributed by atoms with E-state index in [1.165, 1.54) is 0 Å². The van der Waals surface area contributed by atoms with Crippen LogP contribution in [0.2, 0.25) is 0 Å². The molecule has 0 aromatic heterocycles. The molecule has 1 rings (SSSR count). The molecule has 1 aliphatic rings. The summed E-state index contributed by atoms with van der Waals surface area (Å²) in [5, 5.41) is 5.81. The summed E-state index contributed by atoms with van der Waals surface area (Å²) in [6.07, 6.45) is 6.53. The average molecular weight is 326 g/mol. The van der Waals surface area contributed by atoms with Crippen LogP contribution < -0.4 is 10.6 Å². The second-order valence-electron chi connectivity index (χ2n) is 6.11. The predicted octanol–water partition coefficient (Wildman–Crippen LogP) is 2.06. The molecule has 1 saturated carbocycles. The number of hydrogen-bond donors (Lipinski definition) is 2. The first kappa shape index (κ1) is 19.5. The SMILES string of the molecule is CCC[C@H](CC(=O)OCC)NC(=O)CCC(=O)NC1CCCC1. The van der Waals surface area contributed by atoms with Crippen LogP contribution in [0.1, 0.15) is 71.6 Å². The molecule has 0 saturated heterocycles. The standard InChI is InChI=1S/C17H30N2O4/c1-3-7-14(12-17(22)23-4-2)19-16(21)11-10-15(20)18-13-8-5-6-9-13/h13-14H,3-12H2,1-2H3,(H,18,20)(H,19,21)/t14-/m1/s1. The van der Waals surface area contributed by atoms with Crippen LogP contribution in [0.5, 0.6) is 0 Å². The van der Waals surface area contributed by atoms with Crippen LogP contribution in [0, 0.1) is 0 Å². The highest BCUT2D eigenvalue weighted by atomic mass is 16.5. The lowest BCUT2D eigenvalue weighted by Gasteiger charge is -2.17. The van der Waals surface area contributed by atoms with E-state index in [9.17, 15) is 14.4 Å². The molecule has 0 aromatic carbocycles. The van der Waals surface area contributed by atoms with E-state index in [4.69, 9.17) is 4.74 Å². The first-order valence-electron chi connectivity index (χ1n) is 8.79. The largest absolute Gasteiger partial charge is 0.466 e. The van der Waals surface area contributed by atoms with Crippen molar-refractivity contribution in [3.63, 3.8) is 0 Å². The molecular formula is C17H30N2O4. The monoisotopic (exact) mass is 326 g/mol. The van der Waals surface area contributed by atoms with Crippen molar-refractivity contribution in [2.45, 2.75) is 83.7 Å². The van der Waals surface area contributed by atoms with Gasteiger partial charge in [0.25, 0.3) is 0 Å². The Balaban J connectivity index is 2.27. The van der Waals surface area contributed by atoms with E-state index in [1.54, 1.807) is 6.92 Å². The molecule has 1 fully saturated rings. The summed E-state index contributed by atoms with van der Waals surface area (Å²) in [6.45, 7) is 4.10. The molecule has 23 heavy (non-hydrogen) atoms. The maximum Gasteiger partial charge on any atom is 0.307 e. The summed E-state index contributed by atoms with van der Waals surface area (Å²) >= 11 is 0. The lowest BCUT2D eigenvalue weighted by atomic mass is 10.1. The van der Waals surface area contributed by atoms with E-state index in [1.807, 2.05) is 6.92 Å². The second kappa shape index (κ2) is 11.0. The van der Waals surface area contributed by atoms with Gasteiger partial charge in [0, 0.05) is 24.9 Å². The fourth-order valence-corrected chi connectivity index (χ4v) is 2.89. The zero-order chi connectivity index (χ0) is 17.1. The molecule has 6 heteroatoms. The summed E-state index contributed by atoms with van der Waals surface area (Å²) in [4.78, 5) is 35.3. The van der Waals surface area contributed by atoms with Crippen molar-refractivity contribution in [3.8, 4) is 0 Å². The van der Waals surface area contributed by atoms with Crippen LogP contribution in [-0.2, 0) is 19.1 Å². The van der Waals surface area contributed by atoms with E-state index in [0.717, 1.165) is 38.5 Å². The minimum absolute atomic E-state index is 0.0653. The summed E-state index contributed by atoms with van der Waals surface area (Å²) in [5.41, 5.74) is 0. The lowest BCUT2D eigenvalue weighted by molar-refractivity contribution is -0.144. The molecule has 0 unspecified atom stereocenters. The van der Waals surface area contributed by atoms with Gasteiger partial charge in [-0.25, -0.2) is 0 Å². The normalized spacial score (nSPS) is 15.9. The highest BCUT2D eigenvalue weighted by molar-refractivity contribution is 5.84. The number of nitrogens with one attached hydrogen (secondary N) is 2. The highest BCUT2D eigenvalue weighted by Crippen LogP contribution is 2.17. The molecule has 2 N–H and O–H groups in total. The van der Waals surface area contributed by atoms with Crippen LogP contribution >= 0.6 is 0 Å². The van der Waals surface area contributed by atoms with Crippen LogP contribution in [0.25, 0.3) is 0 Å². The fourth-order valence-electron chi connectivity index (χ4n) is 2.89. The van der Waals surface area contributed by atoms with E-state index < -0.39 is 0 Å². The molecule has 0 radical (unpaired) electrons. The molecule has 0 bridgehead atoms. The van der Waals surface area contributed by atoms with E-state index in [0.29, 0.717) is 6.61 Å². The van der Waals surface area contributed by atoms with Gasteiger partial charge in [-0.2, -0.15) is 0 Å². The van der Waals surface area contributed by atoms with Gasteiger partial charge in [0.15, 0.2) is 0 Å². The number of hydrogen-bond acceptors (Lipinski definition) is 4. The van der Waals surface area contributed by atoms with Gasteiger partial charge in [-0.05, 0) is 26.2 Å². The van der Waals surface area contributed by atoms with E-state index in [-0.39, 0.29) is 49.1 Å². The van der Waals surface area contributed by atoms with Crippen molar-refractivity contribution in [2.24, 2.45) is 0 Å². The van der Waals surface area contributed by atoms with Crippen LogP contribution in [-0.4, -0.2) is 36.5 Å². The Morgan fingerprint density at radius 3 is 2.35 bits per heavy atom. The van der Waals surface area contributed by atoms with Crippen LogP contribution in [0.4, 0.5) is 0 Å². The fraction of sp³-hybridized carbons (Fsp3) is 0.824. The van der Waals surface area contributed by atoms with Gasteiger partial charge in [-0.15, -0.1) is 0 Å². The summed E-state index contributed by atoms with van der Waals surface area (Å²) < 4.78 is 4.92. The summed E-state index contributed by atoms with van der Waals surface area (Å²) in [7, 11) is 0. The van der Waals surface area contributed by atoms with Gasteiger partial charge in [-0.3, -0.25) is 14.4 Å². The van der Waals surface area contributed by atoms with Crippen molar-refractivity contribution in [3.05, 3.63) is 0 Å². The zero-order valence-electron chi connectivity index (χ0n) is 14.4. The van der Waals surface area contributed by atoms with E-state index >= 15 is 0 Å². The predicted molar refractivity (Wildman–Crippen MR) is 87.7 cm³/mol. The zero-order valence-corrected chi connectivity index (χ0v) is 14.4. The van der Waals surface area contributed by atoms with Gasteiger partial charge in [0.1, 0.15) is 0 Å². The average Bonchev–Trinajstić information content (AvgIpc) is 2.98. The van der Waals surface area contributed by atoms with Gasteiger partial charge in [0.05, 0.1) is 13.0 Å². The molecule has 0 spiro atoms. The van der Waals surface area contributed by atoms with Gasteiger partial charge in [-0.1, -0.05) is 26.2 Å². The first-order chi connectivity index (χ1) is 11.0. The Bertz CT molecular complexity index is 392. The molecule has 0 heterocycles. The Morgan fingerprint density at radius 2 is 1.74 bits per heavy atom. The lowest BCUT2D eigenvalue weighted by Crippen LogP contribution is -2.38.